The van der Waals surface area contributed by atoms with Gasteiger partial charge in [0.05, 0.1) is 11.6 Å². The second-order valence-corrected chi connectivity index (χ2v) is 8.56. The van der Waals surface area contributed by atoms with E-state index in [2.05, 4.69) is 24.1 Å². The van der Waals surface area contributed by atoms with Crippen LogP contribution in [0, 0.1) is 17.7 Å². The highest BCUT2D eigenvalue weighted by Crippen LogP contribution is 2.31. The fourth-order valence-electron chi connectivity index (χ4n) is 4.48. The SMILES string of the molecule is CCC(C)CNC(=O)C(C1CCCC1)N1CCN(C(=O)c2ccccc2F)CC1. The first kappa shape index (κ1) is 21.8. The smallest absolute Gasteiger partial charge is 0.256 e. The average molecular weight is 404 g/mol. The Bertz CT molecular complexity index is 697. The molecule has 6 heteroatoms. The topological polar surface area (TPSA) is 52.7 Å². The first-order chi connectivity index (χ1) is 14.0. The maximum absolute atomic E-state index is 14.0. The average Bonchev–Trinajstić information content (AvgIpc) is 3.27. The summed E-state index contributed by atoms with van der Waals surface area (Å²) in [7, 11) is 0. The van der Waals surface area contributed by atoms with E-state index in [0.29, 0.717) is 44.6 Å². The van der Waals surface area contributed by atoms with Crippen molar-refractivity contribution < 1.29 is 14.0 Å². The van der Waals surface area contributed by atoms with Gasteiger partial charge in [-0.1, -0.05) is 45.2 Å². The van der Waals surface area contributed by atoms with Crippen molar-refractivity contribution >= 4 is 11.8 Å². The monoisotopic (exact) mass is 403 g/mol. The van der Waals surface area contributed by atoms with Crippen molar-refractivity contribution in [3.05, 3.63) is 35.6 Å². The Morgan fingerprint density at radius 3 is 2.41 bits per heavy atom. The Balaban J connectivity index is 1.62. The molecule has 1 aromatic carbocycles. The Hall–Kier alpha value is -1.95. The van der Waals surface area contributed by atoms with Gasteiger partial charge in [-0.15, -0.1) is 0 Å². The molecular formula is C23H34FN3O2. The van der Waals surface area contributed by atoms with Crippen molar-refractivity contribution in [2.75, 3.05) is 32.7 Å². The Kier molecular flexibility index (Phi) is 7.64. The van der Waals surface area contributed by atoms with Crippen LogP contribution >= 0.6 is 0 Å². The molecule has 0 bridgehead atoms. The molecule has 1 aliphatic heterocycles. The molecule has 2 amide bonds. The van der Waals surface area contributed by atoms with E-state index in [-0.39, 0.29) is 23.4 Å². The van der Waals surface area contributed by atoms with E-state index in [4.69, 9.17) is 0 Å². The molecule has 160 valence electrons. The quantitative estimate of drug-likeness (QED) is 0.760. The fraction of sp³-hybridized carbons (Fsp3) is 0.652. The Morgan fingerprint density at radius 2 is 1.79 bits per heavy atom. The van der Waals surface area contributed by atoms with Crippen molar-refractivity contribution in [2.24, 2.45) is 11.8 Å². The van der Waals surface area contributed by atoms with Crippen LogP contribution in [0.25, 0.3) is 0 Å². The third kappa shape index (κ3) is 5.35. The second-order valence-electron chi connectivity index (χ2n) is 8.56. The van der Waals surface area contributed by atoms with Crippen LogP contribution in [0.15, 0.2) is 24.3 Å². The van der Waals surface area contributed by atoms with Gasteiger partial charge in [0.2, 0.25) is 5.91 Å². The zero-order valence-electron chi connectivity index (χ0n) is 17.7. The lowest BCUT2D eigenvalue weighted by Crippen LogP contribution is -2.58. The van der Waals surface area contributed by atoms with Gasteiger partial charge in [-0.3, -0.25) is 14.5 Å². The molecule has 5 nitrogen and oxygen atoms in total. The summed E-state index contributed by atoms with van der Waals surface area (Å²) in [4.78, 5) is 29.7. The lowest BCUT2D eigenvalue weighted by Gasteiger charge is -2.41. The van der Waals surface area contributed by atoms with E-state index in [1.807, 2.05) is 0 Å². The van der Waals surface area contributed by atoms with Crippen molar-refractivity contribution in [2.45, 2.75) is 52.0 Å². The molecule has 1 saturated heterocycles. The highest BCUT2D eigenvalue weighted by atomic mass is 19.1. The van der Waals surface area contributed by atoms with Crippen molar-refractivity contribution in [1.29, 1.82) is 0 Å². The van der Waals surface area contributed by atoms with Crippen LogP contribution in [0.5, 0.6) is 0 Å². The summed E-state index contributed by atoms with van der Waals surface area (Å²) in [6, 6.07) is 6.01. The molecule has 0 spiro atoms. The number of carbonyl (C=O) groups excluding carboxylic acids is 2. The highest BCUT2D eigenvalue weighted by Gasteiger charge is 2.37. The number of hydrogen-bond donors (Lipinski definition) is 1. The summed E-state index contributed by atoms with van der Waals surface area (Å²) in [6.45, 7) is 7.35. The van der Waals surface area contributed by atoms with Gasteiger partial charge in [-0.2, -0.15) is 0 Å². The molecule has 1 heterocycles. The van der Waals surface area contributed by atoms with E-state index in [1.54, 1.807) is 17.0 Å². The number of nitrogens with zero attached hydrogens (tertiary/aromatic N) is 2. The lowest BCUT2D eigenvalue weighted by molar-refractivity contribution is -0.129. The third-order valence-corrected chi connectivity index (χ3v) is 6.54. The second kappa shape index (κ2) is 10.2. The molecule has 1 saturated carbocycles. The van der Waals surface area contributed by atoms with Gasteiger partial charge in [0.1, 0.15) is 5.82 Å². The van der Waals surface area contributed by atoms with E-state index >= 15 is 0 Å². The zero-order chi connectivity index (χ0) is 20.8. The number of nitrogens with one attached hydrogen (secondary N) is 1. The summed E-state index contributed by atoms with van der Waals surface area (Å²) in [5.41, 5.74) is 0.125. The van der Waals surface area contributed by atoms with E-state index < -0.39 is 5.82 Å². The van der Waals surface area contributed by atoms with Crippen LogP contribution in [-0.2, 0) is 4.79 Å². The van der Waals surface area contributed by atoms with Gasteiger partial charge in [0.15, 0.2) is 0 Å². The molecule has 0 radical (unpaired) electrons. The number of amides is 2. The standard InChI is InChI=1S/C23H34FN3O2/c1-3-17(2)16-25-22(28)21(18-8-4-5-9-18)26-12-14-27(15-13-26)23(29)19-10-6-7-11-20(19)24/h6-7,10-11,17-18,21H,3-5,8-9,12-16H2,1-2H3,(H,25,28). The summed E-state index contributed by atoms with van der Waals surface area (Å²) < 4.78 is 14.0. The molecule has 2 unspecified atom stereocenters. The van der Waals surface area contributed by atoms with Crippen LogP contribution in [0.3, 0.4) is 0 Å². The zero-order valence-corrected chi connectivity index (χ0v) is 17.7. The molecule has 2 atom stereocenters. The van der Waals surface area contributed by atoms with Crippen LogP contribution in [0.4, 0.5) is 4.39 Å². The number of rotatable bonds is 7. The minimum absolute atomic E-state index is 0.118. The molecule has 1 N–H and O–H groups in total. The first-order valence-corrected chi connectivity index (χ1v) is 11.1. The first-order valence-electron chi connectivity index (χ1n) is 11.1. The molecule has 0 aromatic heterocycles. The number of benzene rings is 1. The van der Waals surface area contributed by atoms with Gasteiger partial charge >= 0.3 is 0 Å². The highest BCUT2D eigenvalue weighted by molar-refractivity contribution is 5.94. The number of carbonyl (C=O) groups is 2. The molecule has 1 aromatic rings. The van der Waals surface area contributed by atoms with E-state index in [1.165, 1.54) is 25.0 Å². The third-order valence-electron chi connectivity index (χ3n) is 6.54. The number of halogens is 1. The predicted molar refractivity (Wildman–Crippen MR) is 112 cm³/mol. The number of hydrogen-bond acceptors (Lipinski definition) is 3. The molecular weight excluding hydrogens is 369 g/mol. The van der Waals surface area contributed by atoms with Crippen molar-refractivity contribution in [1.82, 2.24) is 15.1 Å². The van der Waals surface area contributed by atoms with Crippen LogP contribution in [0.1, 0.15) is 56.3 Å². The van der Waals surface area contributed by atoms with Crippen LogP contribution in [0.2, 0.25) is 0 Å². The van der Waals surface area contributed by atoms with E-state index in [0.717, 1.165) is 19.3 Å². The normalized spacial score (nSPS) is 20.4. The molecule has 3 rings (SSSR count). The number of piperazine rings is 1. The maximum atomic E-state index is 14.0. The summed E-state index contributed by atoms with van der Waals surface area (Å²) >= 11 is 0. The predicted octanol–water partition coefficient (Wildman–Crippen LogP) is 3.30. The summed E-state index contributed by atoms with van der Waals surface area (Å²) in [5.74, 6) is 0.250. The summed E-state index contributed by atoms with van der Waals surface area (Å²) in [6.07, 6.45) is 5.61. The van der Waals surface area contributed by atoms with Crippen LogP contribution in [-0.4, -0.2) is 60.4 Å². The fourth-order valence-corrected chi connectivity index (χ4v) is 4.48. The Labute approximate surface area is 173 Å². The lowest BCUT2D eigenvalue weighted by atomic mass is 9.94. The molecule has 1 aliphatic carbocycles. The molecule has 2 fully saturated rings. The Morgan fingerprint density at radius 1 is 1.14 bits per heavy atom. The maximum Gasteiger partial charge on any atom is 0.256 e. The van der Waals surface area contributed by atoms with Gasteiger partial charge in [0, 0.05) is 32.7 Å². The van der Waals surface area contributed by atoms with Crippen LogP contribution < -0.4 is 5.32 Å². The minimum atomic E-state index is -0.479. The molecule has 29 heavy (non-hydrogen) atoms. The van der Waals surface area contributed by atoms with Gasteiger partial charge < -0.3 is 10.2 Å². The van der Waals surface area contributed by atoms with Crippen molar-refractivity contribution in [3.8, 4) is 0 Å². The molecule has 2 aliphatic rings. The van der Waals surface area contributed by atoms with Gasteiger partial charge in [-0.05, 0) is 36.8 Å². The largest absolute Gasteiger partial charge is 0.354 e. The van der Waals surface area contributed by atoms with E-state index in [9.17, 15) is 14.0 Å². The van der Waals surface area contributed by atoms with Gasteiger partial charge in [-0.25, -0.2) is 4.39 Å². The minimum Gasteiger partial charge on any atom is -0.354 e. The van der Waals surface area contributed by atoms with Crippen molar-refractivity contribution in [3.63, 3.8) is 0 Å². The summed E-state index contributed by atoms with van der Waals surface area (Å²) in [5, 5.41) is 3.16. The van der Waals surface area contributed by atoms with Gasteiger partial charge in [0.25, 0.3) is 5.91 Å².